The number of fused-ring (bicyclic) bond motifs is 1. The van der Waals surface area contributed by atoms with Crippen molar-refractivity contribution in [3.8, 4) is 0 Å². The van der Waals surface area contributed by atoms with Gasteiger partial charge < -0.3 is 5.32 Å². The lowest BCUT2D eigenvalue weighted by Crippen LogP contribution is -1.97. The van der Waals surface area contributed by atoms with Crippen LogP contribution in [0.4, 0.5) is 15.9 Å². The summed E-state index contributed by atoms with van der Waals surface area (Å²) >= 11 is 4.88. The highest BCUT2D eigenvalue weighted by Gasteiger charge is 2.10. The fraction of sp³-hybridized carbons (Fsp3) is 0.143. The van der Waals surface area contributed by atoms with E-state index in [4.69, 9.17) is 0 Å². The number of rotatable bonds is 3. The number of anilines is 2. The van der Waals surface area contributed by atoms with Crippen LogP contribution in [0.25, 0.3) is 10.2 Å². The molecule has 2 aromatic heterocycles. The third-order valence-corrected chi connectivity index (χ3v) is 4.59. The maximum absolute atomic E-state index is 13.9. The lowest BCUT2D eigenvalue weighted by Gasteiger charge is -2.07. The Morgan fingerprint density at radius 3 is 2.90 bits per heavy atom. The van der Waals surface area contributed by atoms with Crippen LogP contribution in [-0.4, -0.2) is 9.97 Å². The molecule has 2 heterocycles. The zero-order valence-corrected chi connectivity index (χ0v) is 13.1. The van der Waals surface area contributed by atoms with E-state index < -0.39 is 0 Å². The molecule has 1 aromatic carbocycles. The SMILES string of the molecule is CCc1cc2c(Nc3ccc(Br)cc3F)ncnc2s1. The Morgan fingerprint density at radius 1 is 1.30 bits per heavy atom. The molecule has 0 spiro atoms. The molecule has 0 saturated carbocycles. The van der Waals surface area contributed by atoms with E-state index in [1.54, 1.807) is 23.5 Å². The third-order valence-electron chi connectivity index (χ3n) is 2.91. The maximum Gasteiger partial charge on any atom is 0.147 e. The smallest absolute Gasteiger partial charge is 0.147 e. The van der Waals surface area contributed by atoms with Gasteiger partial charge in [0, 0.05) is 9.35 Å². The van der Waals surface area contributed by atoms with Crippen LogP contribution in [0.3, 0.4) is 0 Å². The lowest BCUT2D eigenvalue weighted by atomic mass is 10.2. The van der Waals surface area contributed by atoms with Gasteiger partial charge in [-0.25, -0.2) is 14.4 Å². The van der Waals surface area contributed by atoms with Crippen molar-refractivity contribution in [3.63, 3.8) is 0 Å². The predicted octanol–water partition coefficient (Wildman–Crippen LogP) is 4.90. The number of nitrogens with zero attached hydrogens (tertiary/aromatic N) is 2. The average Bonchev–Trinajstić information content (AvgIpc) is 2.86. The van der Waals surface area contributed by atoms with Gasteiger partial charge in [0.25, 0.3) is 0 Å². The van der Waals surface area contributed by atoms with Crippen LogP contribution in [0.1, 0.15) is 11.8 Å². The van der Waals surface area contributed by atoms with Crippen LogP contribution >= 0.6 is 27.3 Å². The molecule has 3 rings (SSSR count). The lowest BCUT2D eigenvalue weighted by molar-refractivity contribution is 0.631. The second-order valence-electron chi connectivity index (χ2n) is 4.26. The van der Waals surface area contributed by atoms with Crippen LogP contribution in [0.15, 0.2) is 35.1 Å². The van der Waals surface area contributed by atoms with Crippen LogP contribution in [-0.2, 0) is 6.42 Å². The van der Waals surface area contributed by atoms with Gasteiger partial charge in [-0.1, -0.05) is 22.9 Å². The number of nitrogens with one attached hydrogen (secondary N) is 1. The van der Waals surface area contributed by atoms with E-state index in [1.165, 1.54) is 17.3 Å². The molecule has 0 saturated heterocycles. The molecule has 20 heavy (non-hydrogen) atoms. The minimum atomic E-state index is -0.322. The first kappa shape index (κ1) is 13.5. The van der Waals surface area contributed by atoms with E-state index in [0.29, 0.717) is 16.0 Å². The number of hydrogen-bond acceptors (Lipinski definition) is 4. The second-order valence-corrected chi connectivity index (χ2v) is 6.29. The number of thiophene rings is 1. The van der Waals surface area contributed by atoms with E-state index >= 15 is 0 Å². The van der Waals surface area contributed by atoms with Crippen LogP contribution in [0.5, 0.6) is 0 Å². The highest BCUT2D eigenvalue weighted by Crippen LogP contribution is 2.31. The summed E-state index contributed by atoms with van der Waals surface area (Å²) in [7, 11) is 0. The summed E-state index contributed by atoms with van der Waals surface area (Å²) < 4.78 is 14.6. The van der Waals surface area contributed by atoms with Crippen molar-refractivity contribution >= 4 is 49.0 Å². The normalized spacial score (nSPS) is 10.9. The summed E-state index contributed by atoms with van der Waals surface area (Å²) in [4.78, 5) is 10.6. The first-order valence-corrected chi connectivity index (χ1v) is 7.74. The molecule has 0 atom stereocenters. The number of aryl methyl sites for hydroxylation is 1. The van der Waals surface area contributed by atoms with E-state index in [1.807, 2.05) is 0 Å². The van der Waals surface area contributed by atoms with Crippen molar-refractivity contribution in [2.24, 2.45) is 0 Å². The summed E-state index contributed by atoms with van der Waals surface area (Å²) in [6.45, 7) is 2.10. The van der Waals surface area contributed by atoms with Gasteiger partial charge >= 0.3 is 0 Å². The zero-order chi connectivity index (χ0) is 14.1. The van der Waals surface area contributed by atoms with E-state index in [2.05, 4.69) is 44.2 Å². The molecule has 0 amide bonds. The third kappa shape index (κ3) is 2.53. The second kappa shape index (κ2) is 5.46. The fourth-order valence-electron chi connectivity index (χ4n) is 1.90. The zero-order valence-electron chi connectivity index (χ0n) is 10.7. The molecular formula is C14H11BrFN3S. The van der Waals surface area contributed by atoms with Crippen molar-refractivity contribution in [1.82, 2.24) is 9.97 Å². The van der Waals surface area contributed by atoms with Gasteiger partial charge in [-0.2, -0.15) is 0 Å². The number of halogens is 2. The molecule has 0 aliphatic heterocycles. The highest BCUT2D eigenvalue weighted by molar-refractivity contribution is 9.10. The van der Waals surface area contributed by atoms with E-state index in [0.717, 1.165) is 16.6 Å². The quantitative estimate of drug-likeness (QED) is 0.729. The molecule has 3 aromatic rings. The van der Waals surface area contributed by atoms with Crippen LogP contribution in [0.2, 0.25) is 0 Å². The first-order valence-electron chi connectivity index (χ1n) is 6.13. The van der Waals surface area contributed by atoms with E-state index in [9.17, 15) is 4.39 Å². The van der Waals surface area contributed by atoms with Gasteiger partial charge in [-0.05, 0) is 30.7 Å². The maximum atomic E-state index is 13.9. The van der Waals surface area contributed by atoms with Gasteiger partial charge in [0.1, 0.15) is 22.8 Å². The Balaban J connectivity index is 2.03. The van der Waals surface area contributed by atoms with Crippen molar-refractivity contribution in [2.45, 2.75) is 13.3 Å². The summed E-state index contributed by atoms with van der Waals surface area (Å²) in [5, 5.41) is 3.97. The molecule has 102 valence electrons. The molecular weight excluding hydrogens is 341 g/mol. The minimum absolute atomic E-state index is 0.322. The molecule has 0 aliphatic rings. The number of hydrogen-bond donors (Lipinski definition) is 1. The largest absolute Gasteiger partial charge is 0.337 e. The van der Waals surface area contributed by atoms with E-state index in [-0.39, 0.29) is 5.82 Å². The van der Waals surface area contributed by atoms with Gasteiger partial charge in [0.05, 0.1) is 11.1 Å². The summed E-state index contributed by atoms with van der Waals surface area (Å²) in [6.07, 6.45) is 2.45. The van der Waals surface area contributed by atoms with Crippen LogP contribution < -0.4 is 5.32 Å². The van der Waals surface area contributed by atoms with Crippen molar-refractivity contribution in [2.75, 3.05) is 5.32 Å². The Labute approximate surface area is 128 Å². The summed E-state index contributed by atoms with van der Waals surface area (Å²) in [5.41, 5.74) is 0.400. The average molecular weight is 352 g/mol. The summed E-state index contributed by atoms with van der Waals surface area (Å²) in [5.74, 6) is 0.309. The predicted molar refractivity (Wildman–Crippen MR) is 84.2 cm³/mol. The molecule has 0 unspecified atom stereocenters. The Morgan fingerprint density at radius 2 is 2.15 bits per heavy atom. The van der Waals surface area contributed by atoms with Crippen molar-refractivity contribution in [3.05, 3.63) is 45.8 Å². The molecule has 0 radical (unpaired) electrons. The molecule has 0 bridgehead atoms. The van der Waals surface area contributed by atoms with Gasteiger partial charge in [-0.3, -0.25) is 0 Å². The van der Waals surface area contributed by atoms with Crippen molar-refractivity contribution < 1.29 is 4.39 Å². The Kier molecular flexibility index (Phi) is 3.67. The topological polar surface area (TPSA) is 37.8 Å². The monoisotopic (exact) mass is 351 g/mol. The van der Waals surface area contributed by atoms with Gasteiger partial charge in [0.15, 0.2) is 0 Å². The molecule has 1 N–H and O–H groups in total. The van der Waals surface area contributed by atoms with Gasteiger partial charge in [0.2, 0.25) is 0 Å². The number of benzene rings is 1. The fourth-order valence-corrected chi connectivity index (χ4v) is 3.17. The minimum Gasteiger partial charge on any atom is -0.337 e. The molecule has 3 nitrogen and oxygen atoms in total. The van der Waals surface area contributed by atoms with Crippen LogP contribution in [0, 0.1) is 5.82 Å². The number of aromatic nitrogens is 2. The van der Waals surface area contributed by atoms with Gasteiger partial charge in [-0.15, -0.1) is 11.3 Å². The molecule has 6 heteroatoms. The van der Waals surface area contributed by atoms with Crippen molar-refractivity contribution in [1.29, 1.82) is 0 Å². The molecule has 0 aliphatic carbocycles. The Hall–Kier alpha value is -1.53. The summed E-state index contributed by atoms with van der Waals surface area (Å²) in [6, 6.07) is 6.94. The standard InChI is InChI=1S/C14H11BrFN3S/c1-2-9-6-10-13(17-7-18-14(10)20-9)19-12-4-3-8(15)5-11(12)16/h3-7H,2H2,1H3,(H,17,18,19). The first-order chi connectivity index (χ1) is 9.67. The molecule has 0 fully saturated rings. The Bertz CT molecular complexity index is 772. The highest BCUT2D eigenvalue weighted by atomic mass is 79.9.